The maximum absolute atomic E-state index is 13.5. The minimum Gasteiger partial charge on any atom is -0.296 e. The van der Waals surface area contributed by atoms with Gasteiger partial charge in [0.05, 0.1) is 5.69 Å². The molecule has 5 aromatic rings. The highest BCUT2D eigenvalue weighted by molar-refractivity contribution is 5.80. The zero-order valence-electron chi connectivity index (χ0n) is 20.6. The first-order valence-electron chi connectivity index (χ1n) is 12.2. The van der Waals surface area contributed by atoms with Crippen molar-refractivity contribution in [3.05, 3.63) is 92.1 Å². The van der Waals surface area contributed by atoms with E-state index in [0.717, 1.165) is 52.8 Å². The van der Waals surface area contributed by atoms with Crippen molar-refractivity contribution >= 4 is 5.78 Å². The van der Waals surface area contributed by atoms with Gasteiger partial charge in [-0.05, 0) is 43.4 Å². The van der Waals surface area contributed by atoms with Crippen LogP contribution in [0.2, 0.25) is 0 Å². The molecular formula is C27H28N6O3. The number of nitrogens with one attached hydrogen (secondary N) is 1. The van der Waals surface area contributed by atoms with Crippen molar-refractivity contribution in [1.29, 1.82) is 0 Å². The number of H-pyrrole nitrogens is 1. The van der Waals surface area contributed by atoms with E-state index in [9.17, 15) is 9.59 Å². The lowest BCUT2D eigenvalue weighted by Gasteiger charge is -2.15. The molecule has 2 aromatic carbocycles. The average molecular weight is 485 g/mol. The molecule has 1 N–H and O–H groups in total. The van der Waals surface area contributed by atoms with Crippen molar-refractivity contribution in [3.63, 3.8) is 0 Å². The van der Waals surface area contributed by atoms with Gasteiger partial charge in [0.15, 0.2) is 5.82 Å². The molecule has 0 spiro atoms. The molecule has 0 aliphatic heterocycles. The predicted molar refractivity (Wildman–Crippen MR) is 137 cm³/mol. The summed E-state index contributed by atoms with van der Waals surface area (Å²) in [5.41, 5.74) is 5.38. The molecule has 0 saturated heterocycles. The van der Waals surface area contributed by atoms with Crippen LogP contribution in [0.15, 0.2) is 62.6 Å². The monoisotopic (exact) mass is 484 g/mol. The maximum Gasteiger partial charge on any atom is 0.439 e. The summed E-state index contributed by atoms with van der Waals surface area (Å²) in [5.74, 6) is 1.05. The van der Waals surface area contributed by atoms with Crippen LogP contribution in [0.3, 0.4) is 0 Å². The van der Waals surface area contributed by atoms with Crippen molar-refractivity contribution in [3.8, 4) is 22.5 Å². The topological polar surface area (TPSA) is 111 Å². The van der Waals surface area contributed by atoms with Gasteiger partial charge in [-0.3, -0.25) is 18.9 Å². The molecule has 0 amide bonds. The van der Waals surface area contributed by atoms with Crippen LogP contribution in [0.5, 0.6) is 0 Å². The SMILES string of the molecule is CCCCc1c(Cc2ccc(-c3ccccc3-c3noc(=O)[nH]3)cc2)c(=O)n(CC)c2nc(C)nn12. The van der Waals surface area contributed by atoms with Gasteiger partial charge in [0, 0.05) is 24.1 Å². The summed E-state index contributed by atoms with van der Waals surface area (Å²) < 4.78 is 8.25. The van der Waals surface area contributed by atoms with E-state index in [1.165, 1.54) is 0 Å². The number of nitrogens with zero attached hydrogens (tertiary/aromatic N) is 5. The fourth-order valence-electron chi connectivity index (χ4n) is 4.62. The molecule has 0 fully saturated rings. The lowest BCUT2D eigenvalue weighted by molar-refractivity contribution is 0.388. The van der Waals surface area contributed by atoms with Crippen molar-refractivity contribution in [2.45, 2.75) is 53.0 Å². The van der Waals surface area contributed by atoms with Gasteiger partial charge in [-0.25, -0.2) is 9.31 Å². The third-order valence-electron chi connectivity index (χ3n) is 6.40. The van der Waals surface area contributed by atoms with Crippen molar-refractivity contribution in [2.24, 2.45) is 0 Å². The van der Waals surface area contributed by atoms with Crippen LogP contribution < -0.4 is 11.3 Å². The molecule has 3 aromatic heterocycles. The Bertz CT molecular complexity index is 1640. The summed E-state index contributed by atoms with van der Waals surface area (Å²) in [7, 11) is 0. The van der Waals surface area contributed by atoms with Gasteiger partial charge in [0.25, 0.3) is 5.56 Å². The Hall–Kier alpha value is -4.27. The van der Waals surface area contributed by atoms with Gasteiger partial charge in [-0.1, -0.05) is 67.0 Å². The fourth-order valence-corrected chi connectivity index (χ4v) is 4.62. The summed E-state index contributed by atoms with van der Waals surface area (Å²) in [5, 5.41) is 8.46. The third kappa shape index (κ3) is 4.28. The Balaban J connectivity index is 1.54. The van der Waals surface area contributed by atoms with E-state index in [1.54, 1.807) is 4.57 Å². The minimum absolute atomic E-state index is 0.00656. The quantitative estimate of drug-likeness (QED) is 0.354. The van der Waals surface area contributed by atoms with E-state index in [4.69, 9.17) is 4.52 Å². The van der Waals surface area contributed by atoms with Gasteiger partial charge in [-0.15, -0.1) is 0 Å². The second kappa shape index (κ2) is 9.77. The predicted octanol–water partition coefficient (Wildman–Crippen LogP) is 4.16. The molecule has 9 nitrogen and oxygen atoms in total. The van der Waals surface area contributed by atoms with Crippen LogP contribution in [-0.2, 0) is 19.4 Å². The zero-order valence-corrected chi connectivity index (χ0v) is 20.6. The number of hydrogen-bond acceptors (Lipinski definition) is 6. The Morgan fingerprint density at radius 2 is 1.75 bits per heavy atom. The molecule has 184 valence electrons. The second-order valence-electron chi connectivity index (χ2n) is 8.81. The normalized spacial score (nSPS) is 11.4. The van der Waals surface area contributed by atoms with Gasteiger partial charge < -0.3 is 0 Å². The van der Waals surface area contributed by atoms with Crippen LogP contribution in [0.25, 0.3) is 28.3 Å². The maximum atomic E-state index is 13.5. The molecular weight excluding hydrogens is 456 g/mol. The molecule has 36 heavy (non-hydrogen) atoms. The molecule has 0 aliphatic carbocycles. The molecule has 0 atom stereocenters. The highest BCUT2D eigenvalue weighted by Crippen LogP contribution is 2.30. The molecule has 0 bridgehead atoms. The van der Waals surface area contributed by atoms with Crippen molar-refractivity contribution in [1.82, 2.24) is 29.3 Å². The van der Waals surface area contributed by atoms with E-state index >= 15 is 0 Å². The van der Waals surface area contributed by atoms with E-state index in [2.05, 4.69) is 27.1 Å². The summed E-state index contributed by atoms with van der Waals surface area (Å²) in [4.78, 5) is 32.1. The highest BCUT2D eigenvalue weighted by atomic mass is 16.5. The largest absolute Gasteiger partial charge is 0.439 e. The fraction of sp³-hybridized carbons (Fsp3) is 0.296. The molecule has 0 saturated carbocycles. The number of benzene rings is 2. The van der Waals surface area contributed by atoms with Crippen molar-refractivity contribution < 1.29 is 4.52 Å². The zero-order chi connectivity index (χ0) is 25.2. The lowest BCUT2D eigenvalue weighted by Crippen LogP contribution is -2.29. The second-order valence-corrected chi connectivity index (χ2v) is 8.81. The van der Waals surface area contributed by atoms with Crippen LogP contribution >= 0.6 is 0 Å². The smallest absolute Gasteiger partial charge is 0.296 e. The standard InChI is InChI=1S/C27H28N6O3/c1-4-6-11-23-22(25(34)32(5-2)26-28-17(3)30-33(23)26)16-18-12-14-19(15-13-18)20-9-7-8-10-21(20)24-29-27(35)36-31-24/h7-10,12-15H,4-6,11,16H2,1-3H3,(H,29,31,35). The van der Waals surface area contributed by atoms with E-state index in [0.29, 0.717) is 30.4 Å². The first-order valence-corrected chi connectivity index (χ1v) is 12.2. The highest BCUT2D eigenvalue weighted by Gasteiger charge is 2.19. The van der Waals surface area contributed by atoms with Crippen LogP contribution in [0.1, 0.15) is 49.3 Å². The molecule has 3 heterocycles. The minimum atomic E-state index is -0.591. The number of hydrogen-bond donors (Lipinski definition) is 1. The number of aromatic nitrogens is 6. The Morgan fingerprint density at radius 1 is 1.00 bits per heavy atom. The number of fused-ring (bicyclic) bond motifs is 1. The third-order valence-corrected chi connectivity index (χ3v) is 6.40. The summed E-state index contributed by atoms with van der Waals surface area (Å²) in [6.45, 7) is 6.48. The van der Waals surface area contributed by atoms with Gasteiger partial charge in [-0.2, -0.15) is 10.1 Å². The average Bonchev–Trinajstić information content (AvgIpc) is 3.49. The Morgan fingerprint density at radius 3 is 2.42 bits per heavy atom. The van der Waals surface area contributed by atoms with Crippen LogP contribution in [0, 0.1) is 6.92 Å². The van der Waals surface area contributed by atoms with Crippen LogP contribution in [0.4, 0.5) is 0 Å². The number of rotatable bonds is 8. The first-order chi connectivity index (χ1) is 17.5. The van der Waals surface area contributed by atoms with E-state index in [1.807, 2.05) is 66.9 Å². The van der Waals surface area contributed by atoms with Gasteiger partial charge >= 0.3 is 5.76 Å². The molecule has 0 unspecified atom stereocenters. The Kier molecular flexibility index (Phi) is 6.37. The van der Waals surface area contributed by atoms with E-state index < -0.39 is 5.76 Å². The molecule has 9 heteroatoms. The number of aromatic amines is 1. The van der Waals surface area contributed by atoms with E-state index in [-0.39, 0.29) is 5.56 Å². The molecule has 0 aliphatic rings. The van der Waals surface area contributed by atoms with Crippen LogP contribution in [-0.4, -0.2) is 29.3 Å². The molecule has 0 radical (unpaired) electrons. The summed E-state index contributed by atoms with van der Waals surface area (Å²) >= 11 is 0. The van der Waals surface area contributed by atoms with Crippen molar-refractivity contribution in [2.75, 3.05) is 0 Å². The van der Waals surface area contributed by atoms with Gasteiger partial charge in [0.2, 0.25) is 5.78 Å². The molecule has 5 rings (SSSR count). The number of aryl methyl sites for hydroxylation is 3. The summed E-state index contributed by atoms with van der Waals surface area (Å²) in [6.07, 6.45) is 3.27. The first kappa shape index (κ1) is 23.5. The number of unbranched alkanes of at least 4 members (excludes halogenated alkanes) is 1. The lowest BCUT2D eigenvalue weighted by atomic mass is 9.96. The Labute approximate surface area is 207 Å². The summed E-state index contributed by atoms with van der Waals surface area (Å²) in [6, 6.07) is 15.8. The van der Waals surface area contributed by atoms with Gasteiger partial charge in [0.1, 0.15) is 5.82 Å².